The van der Waals surface area contributed by atoms with Crippen LogP contribution in [0.25, 0.3) is 0 Å². The molecule has 0 bridgehead atoms. The van der Waals surface area contributed by atoms with Crippen LogP contribution in [0.4, 0.5) is 0 Å². The zero-order valence-electron chi connectivity index (χ0n) is 13.3. The van der Waals surface area contributed by atoms with E-state index in [4.69, 9.17) is 0 Å². The average Bonchev–Trinajstić information content (AvgIpc) is 2.95. The summed E-state index contributed by atoms with van der Waals surface area (Å²) in [5.41, 5.74) is -2.32. The maximum Gasteiger partial charge on any atom is 0.190 e. The van der Waals surface area contributed by atoms with E-state index in [0.717, 1.165) is 0 Å². The molecule has 0 radical (unpaired) electrons. The van der Waals surface area contributed by atoms with Crippen LogP contribution >= 0.6 is 0 Å². The maximum atomic E-state index is 12.4. The Balaban J connectivity index is 1.84. The molecular formula is C18H24O4. The first-order chi connectivity index (χ1) is 10.1. The summed E-state index contributed by atoms with van der Waals surface area (Å²) in [7, 11) is 0. The number of aliphatic hydroxyl groups excluding tert-OH is 1. The second kappa shape index (κ2) is 3.92. The van der Waals surface area contributed by atoms with Crippen LogP contribution in [0.5, 0.6) is 0 Å². The molecule has 120 valence electrons. The van der Waals surface area contributed by atoms with E-state index in [1.54, 1.807) is 13.0 Å². The van der Waals surface area contributed by atoms with Crippen LogP contribution in [0.1, 0.15) is 33.6 Å². The number of fused-ring (bicyclic) bond motifs is 5. The molecule has 0 unspecified atom stereocenters. The van der Waals surface area contributed by atoms with Gasteiger partial charge in [-0.25, -0.2) is 0 Å². The van der Waals surface area contributed by atoms with Crippen LogP contribution in [0, 0.1) is 29.1 Å². The monoisotopic (exact) mass is 304 g/mol. The highest BCUT2D eigenvalue weighted by atomic mass is 16.3. The van der Waals surface area contributed by atoms with E-state index in [9.17, 15) is 20.1 Å². The van der Waals surface area contributed by atoms with Crippen LogP contribution < -0.4 is 0 Å². The fourth-order valence-corrected chi connectivity index (χ4v) is 5.79. The molecule has 4 nitrogen and oxygen atoms in total. The summed E-state index contributed by atoms with van der Waals surface area (Å²) >= 11 is 0. The van der Waals surface area contributed by atoms with Gasteiger partial charge in [0, 0.05) is 24.7 Å². The van der Waals surface area contributed by atoms with Crippen molar-refractivity contribution in [1.82, 2.24) is 0 Å². The smallest absolute Gasteiger partial charge is 0.190 e. The molecule has 0 aromatic heterocycles. The number of carbonyl (C=O) groups excluding carboxylic acids is 1. The summed E-state index contributed by atoms with van der Waals surface area (Å²) < 4.78 is 0. The topological polar surface area (TPSA) is 77.8 Å². The second-order valence-corrected chi connectivity index (χ2v) is 8.37. The fraction of sp³-hybridized carbons (Fsp3) is 0.722. The number of ketones is 1. The molecule has 0 saturated heterocycles. The highest BCUT2D eigenvalue weighted by Gasteiger charge is 2.73. The number of carbonyl (C=O) groups is 1. The van der Waals surface area contributed by atoms with Crippen molar-refractivity contribution in [2.24, 2.45) is 29.1 Å². The van der Waals surface area contributed by atoms with Crippen molar-refractivity contribution in [1.29, 1.82) is 0 Å². The molecule has 0 aromatic carbocycles. The van der Waals surface area contributed by atoms with Gasteiger partial charge in [0.25, 0.3) is 0 Å². The van der Waals surface area contributed by atoms with Gasteiger partial charge in [0.2, 0.25) is 0 Å². The second-order valence-electron chi connectivity index (χ2n) is 8.37. The molecule has 7 atom stereocenters. The van der Waals surface area contributed by atoms with Gasteiger partial charge in [-0.2, -0.15) is 0 Å². The van der Waals surface area contributed by atoms with Crippen LogP contribution in [0.15, 0.2) is 23.8 Å². The zero-order valence-corrected chi connectivity index (χ0v) is 13.3. The van der Waals surface area contributed by atoms with Crippen molar-refractivity contribution < 1.29 is 20.1 Å². The van der Waals surface area contributed by atoms with Gasteiger partial charge in [0.15, 0.2) is 5.78 Å². The lowest BCUT2D eigenvalue weighted by atomic mass is 9.64. The highest BCUT2D eigenvalue weighted by Crippen LogP contribution is 2.71. The lowest BCUT2D eigenvalue weighted by molar-refractivity contribution is -0.163. The van der Waals surface area contributed by atoms with Crippen LogP contribution in [-0.2, 0) is 4.79 Å². The summed E-state index contributed by atoms with van der Waals surface area (Å²) in [6.07, 6.45) is 5.42. The number of hydrogen-bond donors (Lipinski definition) is 3. The molecule has 4 aliphatic carbocycles. The fourth-order valence-electron chi connectivity index (χ4n) is 5.79. The van der Waals surface area contributed by atoms with Gasteiger partial charge in [-0.1, -0.05) is 32.1 Å². The Kier molecular flexibility index (Phi) is 2.60. The molecule has 2 saturated carbocycles. The van der Waals surface area contributed by atoms with E-state index >= 15 is 0 Å². The van der Waals surface area contributed by atoms with Gasteiger partial charge in [0.1, 0.15) is 5.60 Å². The summed E-state index contributed by atoms with van der Waals surface area (Å²) in [5.74, 6) is -0.660. The molecule has 3 N–H and O–H groups in total. The Hall–Kier alpha value is -0.970. The Morgan fingerprint density at radius 1 is 1.23 bits per heavy atom. The largest absolute Gasteiger partial charge is 0.393 e. The first kappa shape index (κ1) is 14.6. The summed E-state index contributed by atoms with van der Waals surface area (Å²) in [5, 5.41) is 32.9. The summed E-state index contributed by atoms with van der Waals surface area (Å²) in [6.45, 7) is 5.95. The van der Waals surface area contributed by atoms with Gasteiger partial charge in [-0.05, 0) is 29.7 Å². The normalized spacial score (nSPS) is 54.9. The van der Waals surface area contributed by atoms with E-state index in [1.807, 2.05) is 12.2 Å². The highest BCUT2D eigenvalue weighted by molar-refractivity contribution is 6.04. The number of aliphatic hydroxyl groups is 3. The van der Waals surface area contributed by atoms with Gasteiger partial charge in [0.05, 0.1) is 11.7 Å². The Labute approximate surface area is 130 Å². The number of hydrogen-bond acceptors (Lipinski definition) is 4. The first-order valence-electron chi connectivity index (χ1n) is 8.17. The van der Waals surface area contributed by atoms with Crippen LogP contribution in [0.2, 0.25) is 0 Å². The van der Waals surface area contributed by atoms with E-state index in [0.29, 0.717) is 5.57 Å². The van der Waals surface area contributed by atoms with Crippen molar-refractivity contribution in [3.8, 4) is 0 Å². The molecular weight excluding hydrogens is 280 g/mol. The minimum atomic E-state index is -1.56. The molecule has 2 fully saturated rings. The van der Waals surface area contributed by atoms with Crippen LogP contribution in [-0.4, -0.2) is 38.4 Å². The quantitative estimate of drug-likeness (QED) is 0.588. The first-order valence-corrected chi connectivity index (χ1v) is 8.17. The predicted octanol–water partition coefficient (Wildman–Crippen LogP) is 1.21. The molecule has 0 heterocycles. The molecule has 0 aliphatic heterocycles. The third-order valence-corrected chi connectivity index (χ3v) is 6.90. The lowest BCUT2D eigenvalue weighted by Crippen LogP contribution is -2.58. The van der Waals surface area contributed by atoms with Crippen molar-refractivity contribution in [2.45, 2.75) is 50.9 Å². The van der Waals surface area contributed by atoms with Crippen molar-refractivity contribution in [3.63, 3.8) is 0 Å². The molecule has 4 rings (SSSR count). The van der Waals surface area contributed by atoms with E-state index < -0.39 is 23.2 Å². The van der Waals surface area contributed by atoms with Crippen molar-refractivity contribution in [3.05, 3.63) is 23.8 Å². The van der Waals surface area contributed by atoms with Gasteiger partial charge >= 0.3 is 0 Å². The van der Waals surface area contributed by atoms with Gasteiger partial charge in [-0.15, -0.1) is 0 Å². The number of Topliss-reactive ketones (excluding diaryl/α,β-unsaturated/α-hetero) is 1. The Morgan fingerprint density at radius 3 is 2.59 bits per heavy atom. The van der Waals surface area contributed by atoms with Crippen molar-refractivity contribution >= 4 is 5.78 Å². The minimum Gasteiger partial charge on any atom is -0.393 e. The lowest BCUT2D eigenvalue weighted by Gasteiger charge is -2.46. The molecule has 4 heteroatoms. The summed E-state index contributed by atoms with van der Waals surface area (Å²) in [4.78, 5) is 12.4. The average molecular weight is 304 g/mol. The molecule has 0 spiro atoms. The standard InChI is InChI=1S/C18H24O4/c1-9-7-12-17(21,15(9)20)6-4-5-10-13-14(16(13,2)3)11(19)8-18(10,12)22/h4-5,7,10-14,19,21-22H,6,8H2,1-3H3/t10-,11+,12+,13-,14+,17+,18+/m0/s1. The molecule has 0 aromatic rings. The van der Waals surface area contributed by atoms with Crippen LogP contribution in [0.3, 0.4) is 0 Å². The summed E-state index contributed by atoms with van der Waals surface area (Å²) in [6, 6.07) is 0. The Bertz CT molecular complexity index is 619. The number of rotatable bonds is 0. The van der Waals surface area contributed by atoms with Crippen molar-refractivity contribution in [2.75, 3.05) is 0 Å². The SMILES string of the molecule is CC1=C[C@H]2[C@@]3(O)C[C@@H](O)[C@@H]4[C@H]([C@@H]3C=CC[C@]2(O)C1=O)C4(C)C. The zero-order chi connectivity index (χ0) is 16.1. The minimum absolute atomic E-state index is 0.0112. The Morgan fingerprint density at radius 2 is 1.91 bits per heavy atom. The molecule has 0 amide bonds. The molecule has 4 aliphatic rings. The molecule has 22 heavy (non-hydrogen) atoms. The van der Waals surface area contributed by atoms with Gasteiger partial charge in [-0.3, -0.25) is 4.79 Å². The van der Waals surface area contributed by atoms with E-state index in [1.165, 1.54) is 0 Å². The van der Waals surface area contributed by atoms with E-state index in [-0.39, 0.29) is 41.8 Å². The predicted molar refractivity (Wildman–Crippen MR) is 80.8 cm³/mol. The third kappa shape index (κ3) is 1.46. The maximum absolute atomic E-state index is 12.4. The van der Waals surface area contributed by atoms with Gasteiger partial charge < -0.3 is 15.3 Å². The third-order valence-electron chi connectivity index (χ3n) is 6.90. The van der Waals surface area contributed by atoms with E-state index in [2.05, 4.69) is 13.8 Å².